The van der Waals surface area contributed by atoms with Gasteiger partial charge in [-0.15, -0.1) is 0 Å². The van der Waals surface area contributed by atoms with E-state index in [9.17, 15) is 0 Å². The standard InChI is InChI=1S/C6H14N2O/c1-7-8-5-3-2-4-6-9/h9H,2-6H2,1H3. The van der Waals surface area contributed by atoms with Crippen LogP contribution in [0.2, 0.25) is 0 Å². The van der Waals surface area contributed by atoms with Gasteiger partial charge in [0.15, 0.2) is 0 Å². The lowest BCUT2D eigenvalue weighted by Crippen LogP contribution is -1.84. The van der Waals surface area contributed by atoms with Crippen molar-refractivity contribution in [3.8, 4) is 0 Å². The van der Waals surface area contributed by atoms with Gasteiger partial charge >= 0.3 is 0 Å². The fourth-order valence-electron chi connectivity index (χ4n) is 0.571. The van der Waals surface area contributed by atoms with E-state index in [1.165, 1.54) is 0 Å². The Morgan fingerprint density at radius 1 is 1.22 bits per heavy atom. The minimum Gasteiger partial charge on any atom is -0.396 e. The van der Waals surface area contributed by atoms with E-state index in [1.54, 1.807) is 7.05 Å². The zero-order valence-electron chi connectivity index (χ0n) is 5.88. The summed E-state index contributed by atoms with van der Waals surface area (Å²) in [5.41, 5.74) is 0. The third-order valence-electron chi connectivity index (χ3n) is 1.06. The first-order valence-corrected chi connectivity index (χ1v) is 3.28. The smallest absolute Gasteiger partial charge is 0.0598 e. The van der Waals surface area contributed by atoms with Crippen LogP contribution in [0.5, 0.6) is 0 Å². The molecule has 0 spiro atoms. The molecule has 0 rings (SSSR count). The molecule has 0 aliphatic carbocycles. The molecule has 54 valence electrons. The lowest BCUT2D eigenvalue weighted by atomic mass is 10.2. The summed E-state index contributed by atoms with van der Waals surface area (Å²) >= 11 is 0. The molecule has 0 fully saturated rings. The van der Waals surface area contributed by atoms with Crippen molar-refractivity contribution in [3.63, 3.8) is 0 Å². The fraction of sp³-hybridized carbons (Fsp3) is 1.00. The average molecular weight is 130 g/mol. The highest BCUT2D eigenvalue weighted by Crippen LogP contribution is 1.93. The summed E-state index contributed by atoms with van der Waals surface area (Å²) in [5.74, 6) is 0. The quantitative estimate of drug-likeness (QED) is 0.441. The van der Waals surface area contributed by atoms with Crippen LogP contribution < -0.4 is 0 Å². The largest absolute Gasteiger partial charge is 0.396 e. The molecular formula is C6H14N2O. The molecule has 3 heteroatoms. The van der Waals surface area contributed by atoms with Crippen LogP contribution in [0.1, 0.15) is 19.3 Å². The predicted molar refractivity (Wildman–Crippen MR) is 36.6 cm³/mol. The third-order valence-corrected chi connectivity index (χ3v) is 1.06. The third kappa shape index (κ3) is 7.56. The Bertz CT molecular complexity index is 73.5. The van der Waals surface area contributed by atoms with Gasteiger partial charge in [-0.3, -0.25) is 0 Å². The van der Waals surface area contributed by atoms with Crippen molar-refractivity contribution in [2.24, 2.45) is 10.2 Å². The Labute approximate surface area is 55.8 Å². The molecule has 0 amide bonds. The monoisotopic (exact) mass is 130 g/mol. The minimum atomic E-state index is 0.295. The highest BCUT2D eigenvalue weighted by molar-refractivity contribution is 4.41. The van der Waals surface area contributed by atoms with E-state index in [4.69, 9.17) is 5.11 Å². The minimum absolute atomic E-state index is 0.295. The van der Waals surface area contributed by atoms with Gasteiger partial charge < -0.3 is 5.11 Å². The van der Waals surface area contributed by atoms with Crippen molar-refractivity contribution in [1.82, 2.24) is 0 Å². The molecule has 1 N–H and O–H groups in total. The number of rotatable bonds is 5. The molecule has 3 nitrogen and oxygen atoms in total. The summed E-state index contributed by atoms with van der Waals surface area (Å²) < 4.78 is 0. The maximum absolute atomic E-state index is 8.37. The molecule has 0 atom stereocenters. The number of hydrogen-bond acceptors (Lipinski definition) is 3. The first kappa shape index (κ1) is 8.56. The normalized spacial score (nSPS) is 10.9. The van der Waals surface area contributed by atoms with E-state index in [1.807, 2.05) is 0 Å². The molecule has 0 radical (unpaired) electrons. The SMILES string of the molecule is CN=NCCCCCO. The van der Waals surface area contributed by atoms with Crippen molar-refractivity contribution in [2.75, 3.05) is 20.2 Å². The summed E-state index contributed by atoms with van der Waals surface area (Å²) in [6, 6.07) is 0. The van der Waals surface area contributed by atoms with Crippen molar-refractivity contribution >= 4 is 0 Å². The van der Waals surface area contributed by atoms with Gasteiger partial charge in [0.25, 0.3) is 0 Å². The van der Waals surface area contributed by atoms with Gasteiger partial charge in [0.1, 0.15) is 0 Å². The fourth-order valence-corrected chi connectivity index (χ4v) is 0.571. The van der Waals surface area contributed by atoms with Gasteiger partial charge in [0.05, 0.1) is 6.54 Å². The zero-order chi connectivity index (χ0) is 6.95. The van der Waals surface area contributed by atoms with Crippen molar-refractivity contribution in [1.29, 1.82) is 0 Å². The second-order valence-electron chi connectivity index (χ2n) is 1.85. The highest BCUT2D eigenvalue weighted by Gasteiger charge is 1.84. The summed E-state index contributed by atoms with van der Waals surface area (Å²) in [6.45, 7) is 1.10. The van der Waals surface area contributed by atoms with E-state index in [-0.39, 0.29) is 0 Å². The Morgan fingerprint density at radius 3 is 2.56 bits per heavy atom. The summed E-state index contributed by atoms with van der Waals surface area (Å²) in [6.07, 6.45) is 2.98. The Hall–Kier alpha value is -0.440. The molecule has 0 heterocycles. The summed E-state index contributed by atoms with van der Waals surface area (Å²) in [7, 11) is 1.67. The van der Waals surface area contributed by atoms with Crippen molar-refractivity contribution < 1.29 is 5.11 Å². The molecule has 0 aromatic heterocycles. The molecule has 0 aliphatic heterocycles. The van der Waals surface area contributed by atoms with E-state index in [2.05, 4.69) is 10.2 Å². The second-order valence-corrected chi connectivity index (χ2v) is 1.85. The van der Waals surface area contributed by atoms with Crippen LogP contribution in [-0.4, -0.2) is 25.3 Å². The number of hydrogen-bond donors (Lipinski definition) is 1. The Balaban J connectivity index is 2.75. The van der Waals surface area contributed by atoms with E-state index in [0.29, 0.717) is 6.61 Å². The topological polar surface area (TPSA) is 45.0 Å². The molecule has 0 saturated carbocycles. The second kappa shape index (κ2) is 7.56. The Morgan fingerprint density at radius 2 is 2.00 bits per heavy atom. The number of unbranched alkanes of at least 4 members (excludes halogenated alkanes) is 2. The molecule has 0 aromatic rings. The first-order chi connectivity index (χ1) is 4.41. The molecule has 0 bridgehead atoms. The lowest BCUT2D eigenvalue weighted by molar-refractivity contribution is 0.283. The van der Waals surface area contributed by atoms with Gasteiger partial charge in [0, 0.05) is 13.7 Å². The molecule has 0 aromatic carbocycles. The molecule has 0 unspecified atom stereocenters. The summed E-state index contributed by atoms with van der Waals surface area (Å²) in [5, 5.41) is 15.8. The number of aliphatic hydroxyl groups excluding tert-OH is 1. The van der Waals surface area contributed by atoms with E-state index < -0.39 is 0 Å². The first-order valence-electron chi connectivity index (χ1n) is 3.28. The number of nitrogens with zero attached hydrogens (tertiary/aromatic N) is 2. The average Bonchev–Trinajstić information content (AvgIpc) is 1.89. The molecular weight excluding hydrogens is 116 g/mol. The summed E-state index contributed by atoms with van der Waals surface area (Å²) in [4.78, 5) is 0. The van der Waals surface area contributed by atoms with E-state index >= 15 is 0 Å². The maximum atomic E-state index is 8.37. The van der Waals surface area contributed by atoms with Crippen LogP contribution >= 0.6 is 0 Å². The maximum Gasteiger partial charge on any atom is 0.0598 e. The lowest BCUT2D eigenvalue weighted by Gasteiger charge is -1.91. The molecule has 0 aliphatic rings. The van der Waals surface area contributed by atoms with Crippen molar-refractivity contribution in [2.45, 2.75) is 19.3 Å². The molecule has 9 heavy (non-hydrogen) atoms. The van der Waals surface area contributed by atoms with Crippen molar-refractivity contribution in [3.05, 3.63) is 0 Å². The predicted octanol–water partition coefficient (Wildman–Crippen LogP) is 1.23. The van der Waals surface area contributed by atoms with Gasteiger partial charge in [-0.25, -0.2) is 0 Å². The zero-order valence-corrected chi connectivity index (χ0v) is 5.88. The van der Waals surface area contributed by atoms with Gasteiger partial charge in [-0.05, 0) is 19.3 Å². The van der Waals surface area contributed by atoms with Gasteiger partial charge in [0.2, 0.25) is 0 Å². The van der Waals surface area contributed by atoms with E-state index in [0.717, 1.165) is 25.8 Å². The van der Waals surface area contributed by atoms with Crippen LogP contribution in [0.4, 0.5) is 0 Å². The van der Waals surface area contributed by atoms with Crippen LogP contribution in [-0.2, 0) is 0 Å². The number of aliphatic hydroxyl groups is 1. The highest BCUT2D eigenvalue weighted by atomic mass is 16.2. The van der Waals surface area contributed by atoms with Crippen LogP contribution in [0.15, 0.2) is 10.2 Å². The number of azo groups is 1. The molecule has 0 saturated heterocycles. The van der Waals surface area contributed by atoms with Crippen LogP contribution in [0.3, 0.4) is 0 Å². The van der Waals surface area contributed by atoms with Crippen LogP contribution in [0, 0.1) is 0 Å². The van der Waals surface area contributed by atoms with Gasteiger partial charge in [-0.2, -0.15) is 10.2 Å². The van der Waals surface area contributed by atoms with Gasteiger partial charge in [-0.1, -0.05) is 0 Å². The van der Waals surface area contributed by atoms with Crippen LogP contribution in [0.25, 0.3) is 0 Å². The Kier molecular flexibility index (Phi) is 7.19.